The Morgan fingerprint density at radius 3 is 2.68 bits per heavy atom. The van der Waals surface area contributed by atoms with Crippen LogP contribution in [0.4, 0.5) is 5.13 Å². The van der Waals surface area contributed by atoms with E-state index in [0.717, 1.165) is 27.0 Å². The Kier molecular flexibility index (Phi) is 5.76. The summed E-state index contributed by atoms with van der Waals surface area (Å²) in [4.78, 5) is 28.2. The third-order valence-corrected chi connectivity index (χ3v) is 7.27. The number of thiophene rings is 1. The Morgan fingerprint density at radius 2 is 1.94 bits per heavy atom. The number of carbonyl (C=O) groups is 1. The lowest BCUT2D eigenvalue weighted by molar-refractivity contribution is 0.103. The van der Waals surface area contributed by atoms with E-state index in [0.29, 0.717) is 38.8 Å². The molecule has 0 saturated heterocycles. The van der Waals surface area contributed by atoms with Crippen LogP contribution >= 0.6 is 22.7 Å². The molecule has 0 unspecified atom stereocenters. The van der Waals surface area contributed by atoms with Gasteiger partial charge in [0.1, 0.15) is 16.3 Å². The average Bonchev–Trinajstić information content (AvgIpc) is 3.59. The van der Waals surface area contributed by atoms with E-state index in [-0.39, 0.29) is 5.91 Å². The van der Waals surface area contributed by atoms with Crippen molar-refractivity contribution in [3.05, 3.63) is 58.1 Å². The lowest BCUT2D eigenvalue weighted by Crippen LogP contribution is -2.11. The van der Waals surface area contributed by atoms with Crippen molar-refractivity contribution in [2.45, 2.75) is 13.8 Å². The van der Waals surface area contributed by atoms with Gasteiger partial charge in [0.2, 0.25) is 0 Å². The predicted molar refractivity (Wildman–Crippen MR) is 133 cm³/mol. The number of nitrogens with zero attached hydrogens (tertiary/aromatic N) is 3. The van der Waals surface area contributed by atoms with E-state index in [1.807, 2.05) is 43.5 Å². The summed E-state index contributed by atoms with van der Waals surface area (Å²) >= 11 is 2.67. The molecule has 0 aliphatic heterocycles. The fraction of sp³-hybridized carbons (Fsp3) is 0.167. The highest BCUT2D eigenvalue weighted by atomic mass is 32.1. The summed E-state index contributed by atoms with van der Waals surface area (Å²) in [5.74, 6) is 2.22. The summed E-state index contributed by atoms with van der Waals surface area (Å²) < 4.78 is 16.2. The molecule has 172 valence electrons. The first-order valence-electron chi connectivity index (χ1n) is 10.3. The number of fused-ring (bicyclic) bond motifs is 1. The monoisotopic (exact) mass is 492 g/mol. The third-order valence-electron chi connectivity index (χ3n) is 5.33. The molecule has 0 bridgehead atoms. The van der Waals surface area contributed by atoms with Gasteiger partial charge in [0.15, 0.2) is 16.7 Å². The molecule has 0 atom stereocenters. The van der Waals surface area contributed by atoms with Crippen molar-refractivity contribution in [1.82, 2.24) is 15.0 Å². The van der Waals surface area contributed by atoms with Gasteiger partial charge < -0.3 is 13.9 Å². The number of hydrogen-bond acceptors (Lipinski definition) is 9. The van der Waals surface area contributed by atoms with Gasteiger partial charge in [-0.25, -0.2) is 15.0 Å². The van der Waals surface area contributed by atoms with Crippen LogP contribution < -0.4 is 14.8 Å². The molecule has 1 amide bonds. The fourth-order valence-corrected chi connectivity index (χ4v) is 5.53. The van der Waals surface area contributed by atoms with E-state index in [9.17, 15) is 4.79 Å². The molecule has 0 radical (unpaired) electrons. The minimum absolute atomic E-state index is 0.238. The minimum Gasteiger partial charge on any atom is -0.497 e. The first kappa shape index (κ1) is 22.1. The maximum atomic E-state index is 13.2. The van der Waals surface area contributed by atoms with Crippen molar-refractivity contribution in [3.63, 3.8) is 0 Å². The highest BCUT2D eigenvalue weighted by Gasteiger charge is 2.21. The van der Waals surface area contributed by atoms with E-state index in [1.54, 1.807) is 26.5 Å². The van der Waals surface area contributed by atoms with Gasteiger partial charge in [0, 0.05) is 16.3 Å². The third kappa shape index (κ3) is 3.91. The molecule has 0 aliphatic carbocycles. The Bertz CT molecular complexity index is 1510. The number of carbonyl (C=O) groups excluding carboxylic acids is 1. The number of benzene rings is 1. The molecular weight excluding hydrogens is 472 g/mol. The molecule has 0 saturated carbocycles. The predicted octanol–water partition coefficient (Wildman–Crippen LogP) is 5.96. The van der Waals surface area contributed by atoms with E-state index in [4.69, 9.17) is 13.9 Å². The Balaban J connectivity index is 1.44. The van der Waals surface area contributed by atoms with Gasteiger partial charge in [-0.15, -0.1) is 22.7 Å². The molecule has 1 N–H and O–H groups in total. The molecule has 34 heavy (non-hydrogen) atoms. The van der Waals surface area contributed by atoms with Gasteiger partial charge >= 0.3 is 0 Å². The van der Waals surface area contributed by atoms with Crippen LogP contribution in [0.2, 0.25) is 0 Å². The van der Waals surface area contributed by atoms with Crippen LogP contribution in [0.15, 0.2) is 46.4 Å². The molecule has 0 fully saturated rings. The Labute approximate surface area is 203 Å². The summed E-state index contributed by atoms with van der Waals surface area (Å²) in [6.45, 7) is 3.82. The molecule has 4 heterocycles. The Morgan fingerprint density at radius 1 is 1.09 bits per heavy atom. The molecule has 10 heteroatoms. The van der Waals surface area contributed by atoms with Crippen LogP contribution in [0.3, 0.4) is 0 Å². The fourth-order valence-electron chi connectivity index (χ4n) is 3.69. The van der Waals surface area contributed by atoms with Crippen molar-refractivity contribution in [1.29, 1.82) is 0 Å². The molecule has 0 aliphatic rings. The number of aryl methyl sites for hydroxylation is 2. The smallest absolute Gasteiger partial charge is 0.267 e. The number of amides is 1. The largest absolute Gasteiger partial charge is 0.497 e. The summed E-state index contributed by atoms with van der Waals surface area (Å²) in [5, 5.41) is 6.16. The van der Waals surface area contributed by atoms with Crippen LogP contribution in [0, 0.1) is 13.8 Å². The molecule has 8 nitrogen and oxygen atoms in total. The van der Waals surface area contributed by atoms with E-state index >= 15 is 0 Å². The molecule has 4 aromatic heterocycles. The number of furan rings is 1. The van der Waals surface area contributed by atoms with Gasteiger partial charge in [-0.1, -0.05) is 0 Å². The van der Waals surface area contributed by atoms with Crippen LogP contribution in [0.25, 0.3) is 33.1 Å². The van der Waals surface area contributed by atoms with Gasteiger partial charge in [0.25, 0.3) is 5.91 Å². The van der Waals surface area contributed by atoms with Crippen molar-refractivity contribution in [2.24, 2.45) is 0 Å². The maximum Gasteiger partial charge on any atom is 0.267 e. The molecule has 0 spiro atoms. The van der Waals surface area contributed by atoms with Crippen LogP contribution in [-0.4, -0.2) is 35.1 Å². The minimum atomic E-state index is -0.238. The summed E-state index contributed by atoms with van der Waals surface area (Å²) in [7, 11) is 3.21. The summed E-state index contributed by atoms with van der Waals surface area (Å²) in [6.07, 6.45) is 1.58. The number of ether oxygens (including phenoxy) is 2. The highest BCUT2D eigenvalue weighted by Crippen LogP contribution is 2.36. The van der Waals surface area contributed by atoms with E-state index in [2.05, 4.69) is 20.3 Å². The number of hydrogen-bond donors (Lipinski definition) is 1. The Hall–Kier alpha value is -3.76. The number of thiazole rings is 1. The summed E-state index contributed by atoms with van der Waals surface area (Å²) in [6, 6.07) is 9.11. The molecule has 1 aromatic carbocycles. The lowest BCUT2D eigenvalue weighted by Gasteiger charge is -2.08. The topological polar surface area (TPSA) is 99.4 Å². The average molecular weight is 493 g/mol. The van der Waals surface area contributed by atoms with Gasteiger partial charge in [-0.05, 0) is 49.7 Å². The normalized spacial score (nSPS) is 11.1. The summed E-state index contributed by atoms with van der Waals surface area (Å²) in [5.41, 5.74) is 3.11. The van der Waals surface area contributed by atoms with Crippen LogP contribution in [-0.2, 0) is 0 Å². The van der Waals surface area contributed by atoms with Crippen LogP contribution in [0.1, 0.15) is 20.9 Å². The number of nitrogens with one attached hydrogen (secondary N) is 1. The van der Waals surface area contributed by atoms with Gasteiger partial charge in [-0.2, -0.15) is 0 Å². The zero-order chi connectivity index (χ0) is 23.8. The number of rotatable bonds is 6. The zero-order valence-corrected chi connectivity index (χ0v) is 20.5. The second kappa shape index (κ2) is 8.88. The van der Waals surface area contributed by atoms with E-state index in [1.165, 1.54) is 22.7 Å². The van der Waals surface area contributed by atoms with Crippen LogP contribution in [0.5, 0.6) is 11.5 Å². The highest BCUT2D eigenvalue weighted by molar-refractivity contribution is 7.21. The SMILES string of the molecule is COc1ccc(OC)c(-c2csc(NC(=O)c3sc4nc(-c5ccco5)nc(C)c4c3C)n2)c1. The number of aromatic nitrogens is 3. The first-order chi connectivity index (χ1) is 16.5. The quantitative estimate of drug-likeness (QED) is 0.312. The van der Waals surface area contributed by atoms with Crippen molar-refractivity contribution in [2.75, 3.05) is 19.5 Å². The molecular formula is C24H20N4O4S2. The van der Waals surface area contributed by atoms with Gasteiger partial charge in [-0.3, -0.25) is 10.1 Å². The maximum absolute atomic E-state index is 13.2. The van der Waals surface area contributed by atoms with Crippen molar-refractivity contribution in [3.8, 4) is 34.3 Å². The van der Waals surface area contributed by atoms with Crippen molar-refractivity contribution < 1.29 is 18.7 Å². The molecule has 5 aromatic rings. The van der Waals surface area contributed by atoms with Crippen molar-refractivity contribution >= 4 is 43.9 Å². The van der Waals surface area contributed by atoms with Gasteiger partial charge in [0.05, 0.1) is 36.7 Å². The second-order valence-corrected chi connectivity index (χ2v) is 9.26. The molecule has 5 rings (SSSR count). The second-order valence-electron chi connectivity index (χ2n) is 7.40. The first-order valence-corrected chi connectivity index (χ1v) is 12.0. The standard InChI is InChI=1S/C24H20N4O4S2/c1-12-19-13(2)25-21(18-6-5-9-32-18)27-23(19)34-20(12)22(29)28-24-26-16(11-33-24)15-10-14(30-3)7-8-17(15)31-4/h5-11H,1-4H3,(H,26,28,29). The van der Waals surface area contributed by atoms with E-state index < -0.39 is 0 Å². The number of methoxy groups -OCH3 is 2. The lowest BCUT2D eigenvalue weighted by atomic mass is 10.1. The zero-order valence-electron chi connectivity index (χ0n) is 18.8. The number of anilines is 1.